The van der Waals surface area contributed by atoms with Crippen LogP contribution in [-0.2, 0) is 0 Å². The van der Waals surface area contributed by atoms with Gasteiger partial charge in [0.2, 0.25) is 0 Å². The van der Waals surface area contributed by atoms with E-state index in [9.17, 15) is 0 Å². The van der Waals surface area contributed by atoms with Crippen molar-refractivity contribution in [3.63, 3.8) is 0 Å². The lowest BCUT2D eigenvalue weighted by Gasteiger charge is -2.33. The van der Waals surface area contributed by atoms with Gasteiger partial charge >= 0.3 is 0 Å². The summed E-state index contributed by atoms with van der Waals surface area (Å²) < 4.78 is 5.71. The average molecular weight is 475 g/mol. The molecule has 1 saturated heterocycles. The van der Waals surface area contributed by atoms with Crippen LogP contribution in [0.25, 0.3) is 16.5 Å². The molecule has 6 heteroatoms. The Hall–Kier alpha value is -2.83. The van der Waals surface area contributed by atoms with Crippen molar-refractivity contribution in [1.29, 1.82) is 0 Å². The predicted molar refractivity (Wildman–Crippen MR) is 147 cm³/mol. The van der Waals surface area contributed by atoms with Crippen molar-refractivity contribution in [1.82, 2.24) is 9.88 Å². The average Bonchev–Trinajstić information content (AvgIpc) is 3.11. The molecule has 1 atom stereocenters. The molecule has 0 aliphatic carbocycles. The smallest absolute Gasteiger partial charge is 0.175 e. The molecule has 178 valence electrons. The second kappa shape index (κ2) is 10.2. The van der Waals surface area contributed by atoms with Gasteiger partial charge in [-0.3, -0.25) is 4.90 Å². The maximum Gasteiger partial charge on any atom is 0.175 e. The Labute approximate surface area is 207 Å². The number of ether oxygens (including phenoxy) is 1. The van der Waals surface area contributed by atoms with Crippen LogP contribution in [0.4, 0.5) is 11.4 Å². The molecule has 0 bridgehead atoms. The summed E-state index contributed by atoms with van der Waals surface area (Å²) in [6.45, 7) is 6.36. The highest BCUT2D eigenvalue weighted by atomic mass is 32.1. The van der Waals surface area contributed by atoms with Crippen LogP contribution in [0, 0.1) is 0 Å². The number of hydrogen-bond donors (Lipinski definition) is 3. The molecular formula is C28H34N4OS. The summed E-state index contributed by atoms with van der Waals surface area (Å²) in [5.74, 6) is 0.855. The van der Waals surface area contributed by atoms with E-state index in [0.717, 1.165) is 41.6 Å². The molecular weight excluding hydrogens is 440 g/mol. The predicted octanol–water partition coefficient (Wildman–Crippen LogP) is 6.80. The lowest BCUT2D eigenvalue weighted by molar-refractivity contribution is 0.161. The van der Waals surface area contributed by atoms with Gasteiger partial charge in [-0.2, -0.15) is 0 Å². The van der Waals surface area contributed by atoms with E-state index in [0.29, 0.717) is 5.11 Å². The normalized spacial score (nSPS) is 18.8. The van der Waals surface area contributed by atoms with Gasteiger partial charge in [0.1, 0.15) is 5.75 Å². The Morgan fingerprint density at radius 3 is 2.68 bits per heavy atom. The molecule has 1 aromatic heterocycles. The second-order valence-electron chi connectivity index (χ2n) is 9.65. The molecule has 0 amide bonds. The van der Waals surface area contributed by atoms with Crippen LogP contribution < -0.4 is 15.4 Å². The lowest BCUT2D eigenvalue weighted by Crippen LogP contribution is -2.38. The Morgan fingerprint density at radius 2 is 1.85 bits per heavy atom. The Balaban J connectivity index is 1.28. The van der Waals surface area contributed by atoms with Crippen molar-refractivity contribution < 1.29 is 4.74 Å². The van der Waals surface area contributed by atoms with Crippen LogP contribution in [-0.4, -0.2) is 40.2 Å². The highest BCUT2D eigenvalue weighted by molar-refractivity contribution is 7.80. The highest BCUT2D eigenvalue weighted by Crippen LogP contribution is 2.34. The van der Waals surface area contributed by atoms with Crippen LogP contribution in [0.1, 0.15) is 51.5 Å². The molecule has 34 heavy (non-hydrogen) atoms. The topological polar surface area (TPSA) is 52.3 Å². The van der Waals surface area contributed by atoms with E-state index in [-0.39, 0.29) is 6.10 Å². The number of rotatable bonds is 5. The summed E-state index contributed by atoms with van der Waals surface area (Å²) in [6.07, 6.45) is 11.2. The van der Waals surface area contributed by atoms with E-state index in [4.69, 9.17) is 17.0 Å². The maximum absolute atomic E-state index is 5.71. The van der Waals surface area contributed by atoms with Gasteiger partial charge in [-0.15, -0.1) is 0 Å². The molecule has 0 radical (unpaired) electrons. The molecule has 5 rings (SSSR count). The van der Waals surface area contributed by atoms with E-state index in [1.54, 1.807) is 0 Å². The highest BCUT2D eigenvalue weighted by Gasteiger charge is 2.24. The number of fused-ring (bicyclic) bond motifs is 2. The minimum atomic E-state index is 0.158. The third-order valence-corrected chi connectivity index (χ3v) is 7.04. The number of aromatic amines is 1. The molecule has 3 N–H and O–H groups in total. The fourth-order valence-corrected chi connectivity index (χ4v) is 5.41. The Bertz CT molecular complexity index is 1180. The van der Waals surface area contributed by atoms with Crippen molar-refractivity contribution in [3.05, 3.63) is 60.3 Å². The number of nitrogens with zero attached hydrogens (tertiary/aromatic N) is 1. The molecule has 5 nitrogen and oxygen atoms in total. The minimum absolute atomic E-state index is 0.158. The van der Waals surface area contributed by atoms with Gasteiger partial charge in [-0.25, -0.2) is 0 Å². The van der Waals surface area contributed by atoms with Gasteiger partial charge in [-0.05, 0) is 106 Å². The summed E-state index contributed by atoms with van der Waals surface area (Å²) in [5.41, 5.74) is 5.85. The van der Waals surface area contributed by atoms with Gasteiger partial charge in [0, 0.05) is 46.6 Å². The number of hydrogen-bond acceptors (Lipinski definition) is 3. The molecule has 2 aliphatic heterocycles. The summed E-state index contributed by atoms with van der Waals surface area (Å²) in [6, 6.07) is 15.0. The first-order chi connectivity index (χ1) is 16.5. The Morgan fingerprint density at radius 1 is 1.06 bits per heavy atom. The molecule has 1 fully saturated rings. The van der Waals surface area contributed by atoms with Crippen molar-refractivity contribution >= 4 is 45.2 Å². The molecule has 2 aromatic carbocycles. The maximum atomic E-state index is 5.71. The van der Waals surface area contributed by atoms with E-state index in [1.807, 2.05) is 38.1 Å². The van der Waals surface area contributed by atoms with Gasteiger partial charge in [0.05, 0.1) is 6.10 Å². The van der Waals surface area contributed by atoms with Crippen LogP contribution in [0.2, 0.25) is 0 Å². The number of benzene rings is 2. The number of H-pyrrole nitrogens is 1. The first kappa shape index (κ1) is 22.9. The molecule has 0 saturated carbocycles. The van der Waals surface area contributed by atoms with Crippen LogP contribution in [0.15, 0.2) is 54.7 Å². The van der Waals surface area contributed by atoms with E-state index in [2.05, 4.69) is 51.0 Å². The number of allylic oxidation sites excluding steroid dienone is 1. The van der Waals surface area contributed by atoms with E-state index >= 15 is 0 Å². The number of piperidine rings is 1. The van der Waals surface area contributed by atoms with Crippen LogP contribution in [0.5, 0.6) is 5.75 Å². The number of aromatic nitrogens is 1. The van der Waals surface area contributed by atoms with Crippen molar-refractivity contribution in [2.75, 3.05) is 23.7 Å². The van der Waals surface area contributed by atoms with Gasteiger partial charge < -0.3 is 20.4 Å². The number of thiocarbonyl (C=S) groups is 1. The van der Waals surface area contributed by atoms with Gasteiger partial charge in [0.25, 0.3) is 0 Å². The van der Waals surface area contributed by atoms with E-state index in [1.165, 1.54) is 48.8 Å². The second-order valence-corrected chi connectivity index (χ2v) is 10.1. The van der Waals surface area contributed by atoms with Crippen molar-refractivity contribution in [2.45, 2.75) is 58.1 Å². The fraction of sp³-hybridized carbons (Fsp3) is 0.393. The summed E-state index contributed by atoms with van der Waals surface area (Å²) >= 11 is 5.58. The standard InChI is InChI=1S/C28H34N4OS/c1-19(2)33-24-11-7-21(8-12-24)30-28(34)31-22-9-13-27-25(17-22)26(18-29-27)20-6-10-23-5-3-4-15-32(23)16-14-20/h7-9,11-14,17-19,23,29H,3-6,10,15-16H2,1-2H3,(H2,30,31,34). The zero-order chi connectivity index (χ0) is 23.5. The summed E-state index contributed by atoms with van der Waals surface area (Å²) in [5, 5.41) is 8.43. The molecule has 1 unspecified atom stereocenters. The summed E-state index contributed by atoms with van der Waals surface area (Å²) in [4.78, 5) is 6.14. The number of nitrogens with one attached hydrogen (secondary N) is 3. The van der Waals surface area contributed by atoms with Crippen molar-refractivity contribution in [2.24, 2.45) is 0 Å². The summed E-state index contributed by atoms with van der Waals surface area (Å²) in [7, 11) is 0. The molecule has 3 aromatic rings. The van der Waals surface area contributed by atoms with Crippen molar-refractivity contribution in [3.8, 4) is 5.75 Å². The largest absolute Gasteiger partial charge is 0.491 e. The molecule has 0 spiro atoms. The van der Waals surface area contributed by atoms with E-state index < -0.39 is 0 Å². The Kier molecular flexibility index (Phi) is 6.88. The SMILES string of the molecule is CC(C)Oc1ccc(NC(=S)Nc2ccc3[nH]cc(C4=CCN5CCCCC5CC4)c3c2)cc1. The third-order valence-electron chi connectivity index (χ3n) is 6.84. The molecule has 3 heterocycles. The zero-order valence-corrected chi connectivity index (χ0v) is 20.9. The minimum Gasteiger partial charge on any atom is -0.491 e. The van der Waals surface area contributed by atoms with Gasteiger partial charge in [0.15, 0.2) is 5.11 Å². The fourth-order valence-electron chi connectivity index (χ4n) is 5.17. The first-order valence-electron chi connectivity index (χ1n) is 12.4. The van der Waals surface area contributed by atoms with Crippen LogP contribution >= 0.6 is 12.2 Å². The van der Waals surface area contributed by atoms with Gasteiger partial charge in [-0.1, -0.05) is 12.5 Å². The zero-order valence-electron chi connectivity index (χ0n) is 20.1. The lowest BCUT2D eigenvalue weighted by atomic mass is 9.95. The monoisotopic (exact) mass is 474 g/mol. The molecule has 2 aliphatic rings. The first-order valence-corrected chi connectivity index (χ1v) is 12.9. The third kappa shape index (κ3) is 5.29. The number of anilines is 2. The quantitative estimate of drug-likeness (QED) is 0.355. The van der Waals surface area contributed by atoms with Crippen LogP contribution in [0.3, 0.4) is 0 Å².